The molecular weight excluding hydrogens is 421 g/mol. The normalized spacial score (nSPS) is 12.8. The number of hydrogen-bond acceptors (Lipinski definition) is 4. The summed E-state index contributed by atoms with van der Waals surface area (Å²) in [7, 11) is 1.65. The number of rotatable bonds is 5. The van der Waals surface area contributed by atoms with Crippen LogP contribution in [-0.2, 0) is 13.1 Å². The van der Waals surface area contributed by atoms with Crippen molar-refractivity contribution in [2.24, 2.45) is 5.10 Å². The van der Waals surface area contributed by atoms with E-state index in [1.54, 1.807) is 25.3 Å². The number of halogens is 2. The van der Waals surface area contributed by atoms with Crippen molar-refractivity contribution in [2.45, 2.75) is 13.1 Å². The van der Waals surface area contributed by atoms with Crippen LogP contribution in [0, 0.1) is 0 Å². The number of carbonyl (C=O) groups excluding carboxylic acids is 1. The number of ether oxygens (including phenoxy) is 1. The summed E-state index contributed by atoms with van der Waals surface area (Å²) >= 11 is 12.0. The highest BCUT2D eigenvalue weighted by Gasteiger charge is 2.20. The van der Waals surface area contributed by atoms with Gasteiger partial charge in [0.25, 0.3) is 5.91 Å². The van der Waals surface area contributed by atoms with Gasteiger partial charge in [0.1, 0.15) is 5.75 Å². The van der Waals surface area contributed by atoms with Gasteiger partial charge in [0.05, 0.1) is 18.3 Å². The van der Waals surface area contributed by atoms with Gasteiger partial charge in [0.15, 0.2) is 0 Å². The molecule has 7 heteroatoms. The molecule has 152 valence electrons. The number of anilines is 1. The van der Waals surface area contributed by atoms with Crippen LogP contribution in [0.25, 0.3) is 0 Å². The molecule has 3 aromatic carbocycles. The zero-order chi connectivity index (χ0) is 21.1. The van der Waals surface area contributed by atoms with E-state index >= 15 is 0 Å². The molecule has 0 saturated heterocycles. The van der Waals surface area contributed by atoms with Crippen molar-refractivity contribution in [3.05, 3.63) is 93.0 Å². The fraction of sp³-hybridized carbons (Fsp3) is 0.130. The zero-order valence-electron chi connectivity index (χ0n) is 16.2. The molecule has 0 bridgehead atoms. The standard InChI is InChI=1S/C23H19Cl2N3O2/c1-30-21-8-6-20(7-9-21)28-13-17-3-2-15(10-18(17)14-28)23(29)27-26-12-16-4-5-19(24)11-22(16)25/h2-12H,13-14H2,1H3,(H,27,29)/b26-12+. The smallest absolute Gasteiger partial charge is 0.271 e. The van der Waals surface area contributed by atoms with E-state index in [-0.39, 0.29) is 5.91 Å². The number of nitrogens with zero attached hydrogens (tertiary/aromatic N) is 2. The lowest BCUT2D eigenvalue weighted by Gasteiger charge is -2.17. The maximum Gasteiger partial charge on any atom is 0.271 e. The van der Waals surface area contributed by atoms with Crippen molar-refractivity contribution < 1.29 is 9.53 Å². The molecule has 30 heavy (non-hydrogen) atoms. The average molecular weight is 440 g/mol. The monoisotopic (exact) mass is 439 g/mol. The highest BCUT2D eigenvalue weighted by molar-refractivity contribution is 6.36. The molecule has 0 saturated carbocycles. The second kappa shape index (κ2) is 8.78. The molecule has 0 radical (unpaired) electrons. The first-order valence-electron chi connectivity index (χ1n) is 9.33. The Hall–Kier alpha value is -3.02. The largest absolute Gasteiger partial charge is 0.497 e. The van der Waals surface area contributed by atoms with E-state index in [0.29, 0.717) is 21.2 Å². The average Bonchev–Trinajstić information content (AvgIpc) is 3.18. The van der Waals surface area contributed by atoms with Gasteiger partial charge in [-0.2, -0.15) is 5.10 Å². The Morgan fingerprint density at radius 3 is 2.53 bits per heavy atom. The molecule has 1 amide bonds. The van der Waals surface area contributed by atoms with Crippen molar-refractivity contribution in [1.29, 1.82) is 0 Å². The molecule has 0 spiro atoms. The Morgan fingerprint density at radius 2 is 1.80 bits per heavy atom. The van der Waals surface area contributed by atoms with Gasteiger partial charge in [-0.15, -0.1) is 0 Å². The quantitative estimate of drug-likeness (QED) is 0.434. The lowest BCUT2D eigenvalue weighted by atomic mass is 10.1. The Kier molecular flexibility index (Phi) is 5.93. The van der Waals surface area contributed by atoms with Gasteiger partial charge in [-0.1, -0.05) is 35.3 Å². The Bertz CT molecular complexity index is 1110. The molecule has 0 fully saturated rings. The topological polar surface area (TPSA) is 53.9 Å². The van der Waals surface area contributed by atoms with E-state index in [4.69, 9.17) is 27.9 Å². The number of hydrazone groups is 1. The van der Waals surface area contributed by atoms with Crippen molar-refractivity contribution >= 4 is 41.0 Å². The summed E-state index contributed by atoms with van der Waals surface area (Å²) in [6, 6.07) is 18.8. The zero-order valence-corrected chi connectivity index (χ0v) is 17.7. The Labute approximate surface area is 184 Å². The highest BCUT2D eigenvalue weighted by Crippen LogP contribution is 2.30. The minimum atomic E-state index is -0.276. The summed E-state index contributed by atoms with van der Waals surface area (Å²) in [4.78, 5) is 14.7. The van der Waals surface area contributed by atoms with Gasteiger partial charge in [-0.3, -0.25) is 4.79 Å². The third-order valence-corrected chi connectivity index (χ3v) is 5.52. The van der Waals surface area contributed by atoms with Crippen LogP contribution in [0.15, 0.2) is 65.8 Å². The van der Waals surface area contributed by atoms with Gasteiger partial charge in [0, 0.05) is 34.9 Å². The minimum Gasteiger partial charge on any atom is -0.497 e. The fourth-order valence-electron chi connectivity index (χ4n) is 3.34. The number of amides is 1. The van der Waals surface area contributed by atoms with E-state index in [2.05, 4.69) is 15.4 Å². The molecule has 0 unspecified atom stereocenters. The number of carbonyl (C=O) groups is 1. The molecule has 3 aromatic rings. The Morgan fingerprint density at radius 1 is 1.03 bits per heavy atom. The van der Waals surface area contributed by atoms with Crippen LogP contribution in [0.4, 0.5) is 5.69 Å². The van der Waals surface area contributed by atoms with E-state index in [9.17, 15) is 4.79 Å². The van der Waals surface area contributed by atoms with Gasteiger partial charge < -0.3 is 9.64 Å². The first-order valence-corrected chi connectivity index (χ1v) is 10.1. The summed E-state index contributed by atoms with van der Waals surface area (Å²) < 4.78 is 5.22. The van der Waals surface area contributed by atoms with Crippen LogP contribution in [0.5, 0.6) is 5.75 Å². The second-order valence-electron chi connectivity index (χ2n) is 6.90. The third kappa shape index (κ3) is 4.42. The third-order valence-electron chi connectivity index (χ3n) is 4.96. The van der Waals surface area contributed by atoms with E-state index in [1.807, 2.05) is 42.5 Å². The van der Waals surface area contributed by atoms with Crippen LogP contribution < -0.4 is 15.1 Å². The number of nitrogens with one attached hydrogen (secondary N) is 1. The molecule has 0 aliphatic carbocycles. The van der Waals surface area contributed by atoms with Crippen molar-refractivity contribution in [3.8, 4) is 5.75 Å². The van der Waals surface area contributed by atoms with E-state index in [1.165, 1.54) is 11.8 Å². The summed E-state index contributed by atoms with van der Waals surface area (Å²) in [5.41, 5.74) is 7.23. The SMILES string of the molecule is COc1ccc(N2Cc3ccc(C(=O)N/N=C/c4ccc(Cl)cc4Cl)cc3C2)cc1. The summed E-state index contributed by atoms with van der Waals surface area (Å²) in [6.07, 6.45) is 1.50. The highest BCUT2D eigenvalue weighted by atomic mass is 35.5. The molecule has 5 nitrogen and oxygen atoms in total. The number of benzene rings is 3. The molecule has 1 N–H and O–H groups in total. The predicted molar refractivity (Wildman–Crippen MR) is 121 cm³/mol. The lowest BCUT2D eigenvalue weighted by molar-refractivity contribution is 0.0955. The fourth-order valence-corrected chi connectivity index (χ4v) is 3.80. The van der Waals surface area contributed by atoms with Crippen LogP contribution in [0.1, 0.15) is 27.0 Å². The van der Waals surface area contributed by atoms with Crippen molar-refractivity contribution in [1.82, 2.24) is 5.43 Å². The minimum absolute atomic E-state index is 0.276. The van der Waals surface area contributed by atoms with Crippen LogP contribution in [-0.4, -0.2) is 19.2 Å². The summed E-state index contributed by atoms with van der Waals surface area (Å²) in [6.45, 7) is 1.54. The van der Waals surface area contributed by atoms with Crippen molar-refractivity contribution in [3.63, 3.8) is 0 Å². The van der Waals surface area contributed by atoms with Crippen LogP contribution in [0.3, 0.4) is 0 Å². The lowest BCUT2D eigenvalue weighted by Crippen LogP contribution is -2.18. The number of hydrogen-bond donors (Lipinski definition) is 1. The summed E-state index contributed by atoms with van der Waals surface area (Å²) in [5.74, 6) is 0.553. The molecular formula is C23H19Cl2N3O2. The number of methoxy groups -OCH3 is 1. The first-order chi connectivity index (χ1) is 14.5. The molecule has 0 aromatic heterocycles. The second-order valence-corrected chi connectivity index (χ2v) is 7.75. The maximum atomic E-state index is 12.5. The molecule has 1 aliphatic rings. The maximum absolute atomic E-state index is 12.5. The molecule has 0 atom stereocenters. The number of fused-ring (bicyclic) bond motifs is 1. The van der Waals surface area contributed by atoms with Gasteiger partial charge in [-0.05, 0) is 59.7 Å². The first kappa shape index (κ1) is 20.3. The van der Waals surface area contributed by atoms with E-state index < -0.39 is 0 Å². The van der Waals surface area contributed by atoms with E-state index in [0.717, 1.165) is 30.1 Å². The van der Waals surface area contributed by atoms with Crippen molar-refractivity contribution in [2.75, 3.05) is 12.0 Å². The predicted octanol–water partition coefficient (Wildman–Crippen LogP) is 5.29. The van der Waals surface area contributed by atoms with Gasteiger partial charge in [0.2, 0.25) is 0 Å². The molecule has 1 heterocycles. The van der Waals surface area contributed by atoms with Crippen LogP contribution >= 0.6 is 23.2 Å². The summed E-state index contributed by atoms with van der Waals surface area (Å²) in [5, 5.41) is 5.02. The molecule has 4 rings (SSSR count). The van der Waals surface area contributed by atoms with Gasteiger partial charge >= 0.3 is 0 Å². The van der Waals surface area contributed by atoms with Crippen LogP contribution in [0.2, 0.25) is 10.0 Å². The Balaban J connectivity index is 1.42. The van der Waals surface area contributed by atoms with Gasteiger partial charge in [-0.25, -0.2) is 5.43 Å². The molecule has 1 aliphatic heterocycles.